The summed E-state index contributed by atoms with van der Waals surface area (Å²) in [6.45, 7) is 0.111. The van der Waals surface area contributed by atoms with Gasteiger partial charge in [0.2, 0.25) is 11.8 Å². The smallest absolute Gasteiger partial charge is 0.237 e. The minimum absolute atomic E-state index is 0.111. The Balaban J connectivity index is 2.07. The van der Waals surface area contributed by atoms with Crippen molar-refractivity contribution >= 4 is 11.8 Å². The standard InChI is InChI=1S/C10H16N2O2/c11-9(13)6-12-8-4-2-1-3-7(8)5-10(12)14/h7-8H,1-6H2,(H2,11,13)/t7-,8+/m1/s1. The van der Waals surface area contributed by atoms with Crippen LogP contribution in [0.2, 0.25) is 0 Å². The summed E-state index contributed by atoms with van der Waals surface area (Å²) in [4.78, 5) is 24.1. The molecule has 2 rings (SSSR count). The molecule has 2 amide bonds. The Morgan fingerprint density at radius 1 is 1.43 bits per heavy atom. The molecule has 14 heavy (non-hydrogen) atoms. The molecule has 0 radical (unpaired) electrons. The molecule has 0 unspecified atom stereocenters. The van der Waals surface area contributed by atoms with Crippen LogP contribution in [0, 0.1) is 5.92 Å². The molecule has 1 saturated carbocycles. The number of carbonyl (C=O) groups excluding carboxylic acids is 2. The summed E-state index contributed by atoms with van der Waals surface area (Å²) in [5, 5.41) is 0. The van der Waals surface area contributed by atoms with Crippen molar-refractivity contribution in [3.63, 3.8) is 0 Å². The van der Waals surface area contributed by atoms with Crippen molar-refractivity contribution in [2.24, 2.45) is 11.7 Å². The van der Waals surface area contributed by atoms with Gasteiger partial charge in [0.15, 0.2) is 0 Å². The van der Waals surface area contributed by atoms with Crippen LogP contribution in [0.15, 0.2) is 0 Å². The molecular formula is C10H16N2O2. The van der Waals surface area contributed by atoms with E-state index >= 15 is 0 Å². The SMILES string of the molecule is NC(=O)CN1C(=O)C[C@H]2CCCC[C@@H]21. The minimum atomic E-state index is -0.399. The molecule has 78 valence electrons. The van der Waals surface area contributed by atoms with E-state index in [1.54, 1.807) is 4.90 Å². The number of likely N-dealkylation sites (tertiary alicyclic amines) is 1. The number of fused-ring (bicyclic) bond motifs is 1. The van der Waals surface area contributed by atoms with E-state index in [4.69, 9.17) is 5.73 Å². The fourth-order valence-corrected chi connectivity index (χ4v) is 2.74. The summed E-state index contributed by atoms with van der Waals surface area (Å²) in [6, 6.07) is 0.295. The Morgan fingerprint density at radius 3 is 2.86 bits per heavy atom. The molecule has 2 N–H and O–H groups in total. The van der Waals surface area contributed by atoms with E-state index < -0.39 is 5.91 Å². The van der Waals surface area contributed by atoms with Crippen LogP contribution < -0.4 is 5.73 Å². The third-order valence-corrected chi connectivity index (χ3v) is 3.35. The maximum absolute atomic E-state index is 11.6. The first-order chi connectivity index (χ1) is 6.68. The second-order valence-corrected chi connectivity index (χ2v) is 4.30. The van der Waals surface area contributed by atoms with E-state index in [9.17, 15) is 9.59 Å². The number of rotatable bonds is 2. The van der Waals surface area contributed by atoms with Gasteiger partial charge in [-0.1, -0.05) is 12.8 Å². The monoisotopic (exact) mass is 196 g/mol. The van der Waals surface area contributed by atoms with Gasteiger partial charge >= 0.3 is 0 Å². The normalized spacial score (nSPS) is 31.7. The maximum Gasteiger partial charge on any atom is 0.237 e. The van der Waals surface area contributed by atoms with E-state index in [0.29, 0.717) is 18.4 Å². The van der Waals surface area contributed by atoms with Crippen LogP contribution in [-0.2, 0) is 9.59 Å². The second-order valence-electron chi connectivity index (χ2n) is 4.30. The summed E-state index contributed by atoms with van der Waals surface area (Å²) < 4.78 is 0. The van der Waals surface area contributed by atoms with Crippen molar-refractivity contribution in [1.29, 1.82) is 0 Å². The van der Waals surface area contributed by atoms with Crippen LogP contribution in [0.1, 0.15) is 32.1 Å². The number of nitrogens with zero attached hydrogens (tertiary/aromatic N) is 1. The highest BCUT2D eigenvalue weighted by Gasteiger charge is 2.40. The molecule has 1 saturated heterocycles. The summed E-state index contributed by atoms with van der Waals surface area (Å²) in [5.74, 6) is 0.195. The number of nitrogens with two attached hydrogens (primary N) is 1. The van der Waals surface area contributed by atoms with E-state index in [1.807, 2.05) is 0 Å². The third-order valence-electron chi connectivity index (χ3n) is 3.35. The van der Waals surface area contributed by atoms with E-state index in [-0.39, 0.29) is 12.5 Å². The van der Waals surface area contributed by atoms with E-state index in [1.165, 1.54) is 12.8 Å². The number of hydrogen-bond donors (Lipinski definition) is 1. The predicted octanol–water partition coefficient (Wildman–Crippen LogP) is 0.263. The van der Waals surface area contributed by atoms with Crippen LogP contribution in [-0.4, -0.2) is 29.3 Å². The Kier molecular flexibility index (Phi) is 2.44. The van der Waals surface area contributed by atoms with E-state index in [0.717, 1.165) is 12.8 Å². The van der Waals surface area contributed by atoms with Gasteiger partial charge in [0.05, 0.1) is 6.54 Å². The van der Waals surface area contributed by atoms with Gasteiger partial charge in [0.1, 0.15) is 0 Å². The number of carbonyl (C=O) groups is 2. The molecule has 0 aromatic rings. The number of hydrogen-bond acceptors (Lipinski definition) is 2. The largest absolute Gasteiger partial charge is 0.368 e. The highest BCUT2D eigenvalue weighted by atomic mass is 16.2. The zero-order valence-corrected chi connectivity index (χ0v) is 8.24. The first-order valence-electron chi connectivity index (χ1n) is 5.26. The topological polar surface area (TPSA) is 63.4 Å². The summed E-state index contributed by atoms with van der Waals surface area (Å²) in [5.41, 5.74) is 5.12. The van der Waals surface area contributed by atoms with Gasteiger partial charge in [-0.15, -0.1) is 0 Å². The maximum atomic E-state index is 11.6. The fraction of sp³-hybridized carbons (Fsp3) is 0.800. The quantitative estimate of drug-likeness (QED) is 0.688. The number of primary amides is 1. The predicted molar refractivity (Wildman–Crippen MR) is 51.3 cm³/mol. The average molecular weight is 196 g/mol. The Bertz CT molecular complexity index is 265. The zero-order valence-electron chi connectivity index (χ0n) is 8.24. The van der Waals surface area contributed by atoms with Gasteiger partial charge in [-0.05, 0) is 18.8 Å². The van der Waals surface area contributed by atoms with Gasteiger partial charge in [0.25, 0.3) is 0 Å². The molecule has 0 spiro atoms. The lowest BCUT2D eigenvalue weighted by atomic mass is 9.85. The summed E-state index contributed by atoms with van der Waals surface area (Å²) in [7, 11) is 0. The molecule has 0 aromatic heterocycles. The third kappa shape index (κ3) is 1.61. The molecule has 2 aliphatic rings. The van der Waals surface area contributed by atoms with E-state index in [2.05, 4.69) is 0 Å². The van der Waals surface area contributed by atoms with Crippen molar-refractivity contribution in [3.8, 4) is 0 Å². The lowest BCUT2D eigenvalue weighted by Crippen LogP contribution is -2.42. The first-order valence-corrected chi connectivity index (χ1v) is 5.26. The van der Waals surface area contributed by atoms with Crippen LogP contribution in [0.25, 0.3) is 0 Å². The molecule has 0 aromatic carbocycles. The van der Waals surface area contributed by atoms with Crippen molar-refractivity contribution < 1.29 is 9.59 Å². The lowest BCUT2D eigenvalue weighted by Gasteiger charge is -2.30. The molecular weight excluding hydrogens is 180 g/mol. The van der Waals surface area contributed by atoms with Gasteiger partial charge in [0, 0.05) is 12.5 Å². The molecule has 2 fully saturated rings. The zero-order chi connectivity index (χ0) is 10.1. The first kappa shape index (κ1) is 9.49. The molecule has 1 aliphatic carbocycles. The average Bonchev–Trinajstić information content (AvgIpc) is 2.43. The molecule has 1 heterocycles. The Labute approximate surface area is 83.4 Å². The van der Waals surface area contributed by atoms with Crippen LogP contribution in [0.5, 0.6) is 0 Å². The van der Waals surface area contributed by atoms with Gasteiger partial charge in [-0.25, -0.2) is 0 Å². The molecule has 2 atom stereocenters. The fourth-order valence-electron chi connectivity index (χ4n) is 2.74. The van der Waals surface area contributed by atoms with Crippen molar-refractivity contribution in [2.75, 3.05) is 6.54 Å². The van der Waals surface area contributed by atoms with Gasteiger partial charge < -0.3 is 10.6 Å². The minimum Gasteiger partial charge on any atom is -0.368 e. The van der Waals surface area contributed by atoms with Crippen LogP contribution in [0.3, 0.4) is 0 Å². The van der Waals surface area contributed by atoms with Crippen molar-refractivity contribution in [3.05, 3.63) is 0 Å². The molecule has 0 bridgehead atoms. The van der Waals surface area contributed by atoms with Gasteiger partial charge in [-0.3, -0.25) is 9.59 Å². The van der Waals surface area contributed by atoms with Crippen molar-refractivity contribution in [1.82, 2.24) is 4.90 Å². The van der Waals surface area contributed by atoms with Gasteiger partial charge in [-0.2, -0.15) is 0 Å². The Hall–Kier alpha value is -1.06. The Morgan fingerprint density at radius 2 is 2.14 bits per heavy atom. The summed E-state index contributed by atoms with van der Waals surface area (Å²) >= 11 is 0. The van der Waals surface area contributed by atoms with Crippen molar-refractivity contribution in [2.45, 2.75) is 38.1 Å². The van der Waals surface area contributed by atoms with Crippen LogP contribution in [0.4, 0.5) is 0 Å². The molecule has 4 heteroatoms. The number of amides is 2. The molecule has 1 aliphatic heterocycles. The lowest BCUT2D eigenvalue weighted by molar-refractivity contribution is -0.133. The molecule has 4 nitrogen and oxygen atoms in total. The van der Waals surface area contributed by atoms with Crippen LogP contribution >= 0.6 is 0 Å². The summed E-state index contributed by atoms with van der Waals surface area (Å²) in [6.07, 6.45) is 5.19. The highest BCUT2D eigenvalue weighted by molar-refractivity contribution is 5.85. The second kappa shape index (κ2) is 3.59. The highest BCUT2D eigenvalue weighted by Crippen LogP contribution is 2.36.